The SMILES string of the molecule is CC[C@H](N[S@@](=O)C(C)(C)C)c1c2ccccc2cc2ccccc12. The van der Waals surface area contributed by atoms with Crippen LogP contribution in [-0.4, -0.2) is 8.96 Å². The van der Waals surface area contributed by atoms with Crippen LogP contribution in [0.1, 0.15) is 45.7 Å². The molecule has 0 radical (unpaired) electrons. The molecule has 3 rings (SSSR count). The largest absolute Gasteiger partial charge is 0.242 e. The summed E-state index contributed by atoms with van der Waals surface area (Å²) in [6.07, 6.45) is 0.889. The Kier molecular flexibility index (Phi) is 4.75. The molecule has 0 aliphatic rings. The first-order chi connectivity index (χ1) is 11.4. The standard InChI is InChI=1S/C21H25NOS/c1-5-19(22-24(23)21(2,3)4)20-17-12-8-6-10-15(17)14-16-11-7-9-13-18(16)20/h6-14,19,22H,5H2,1-4H3/t19-,24-/m0/s1. The van der Waals surface area contributed by atoms with Crippen LogP contribution in [0.5, 0.6) is 0 Å². The van der Waals surface area contributed by atoms with Crippen molar-refractivity contribution >= 4 is 32.5 Å². The Bertz CT molecular complexity index is 841. The predicted molar refractivity (Wildman–Crippen MR) is 106 cm³/mol. The van der Waals surface area contributed by atoms with Gasteiger partial charge < -0.3 is 0 Å². The van der Waals surface area contributed by atoms with Crippen molar-refractivity contribution in [3.05, 3.63) is 60.2 Å². The summed E-state index contributed by atoms with van der Waals surface area (Å²) in [6, 6.07) is 19.2. The second kappa shape index (κ2) is 6.66. The third kappa shape index (κ3) is 3.24. The number of benzene rings is 3. The normalized spacial score (nSPS) is 14.8. The van der Waals surface area contributed by atoms with Crippen LogP contribution >= 0.6 is 0 Å². The molecule has 2 atom stereocenters. The molecule has 3 aromatic carbocycles. The van der Waals surface area contributed by atoms with Crippen LogP contribution in [0.3, 0.4) is 0 Å². The molecule has 0 saturated heterocycles. The maximum atomic E-state index is 12.7. The van der Waals surface area contributed by atoms with Gasteiger partial charge in [-0.15, -0.1) is 0 Å². The zero-order valence-electron chi connectivity index (χ0n) is 14.8. The lowest BCUT2D eigenvalue weighted by molar-refractivity contribution is 0.593. The zero-order valence-corrected chi connectivity index (χ0v) is 15.6. The van der Waals surface area contributed by atoms with Crippen molar-refractivity contribution in [1.82, 2.24) is 4.72 Å². The summed E-state index contributed by atoms with van der Waals surface area (Å²) in [7, 11) is -1.10. The molecule has 0 saturated carbocycles. The number of nitrogens with one attached hydrogen (secondary N) is 1. The van der Waals surface area contributed by atoms with Gasteiger partial charge in [0.05, 0.1) is 15.7 Å². The molecule has 0 bridgehead atoms. The van der Waals surface area contributed by atoms with Crippen LogP contribution in [-0.2, 0) is 11.0 Å². The van der Waals surface area contributed by atoms with E-state index in [2.05, 4.69) is 66.2 Å². The highest BCUT2D eigenvalue weighted by atomic mass is 32.2. The van der Waals surface area contributed by atoms with Crippen molar-refractivity contribution in [3.63, 3.8) is 0 Å². The van der Waals surface area contributed by atoms with Gasteiger partial charge in [0.25, 0.3) is 0 Å². The first-order valence-corrected chi connectivity index (χ1v) is 9.65. The first-order valence-electron chi connectivity index (χ1n) is 8.50. The van der Waals surface area contributed by atoms with Gasteiger partial charge >= 0.3 is 0 Å². The van der Waals surface area contributed by atoms with Gasteiger partial charge in [0.1, 0.15) is 0 Å². The number of fused-ring (bicyclic) bond motifs is 2. The van der Waals surface area contributed by atoms with Crippen LogP contribution < -0.4 is 4.72 Å². The monoisotopic (exact) mass is 339 g/mol. The molecule has 0 heterocycles. The topological polar surface area (TPSA) is 29.1 Å². The van der Waals surface area contributed by atoms with Crippen LogP contribution in [0.2, 0.25) is 0 Å². The molecule has 0 spiro atoms. The van der Waals surface area contributed by atoms with Crippen molar-refractivity contribution in [1.29, 1.82) is 0 Å². The minimum atomic E-state index is -1.10. The van der Waals surface area contributed by atoms with Gasteiger partial charge in [0.15, 0.2) is 0 Å². The Morgan fingerprint density at radius 2 is 1.46 bits per heavy atom. The molecule has 0 amide bonds. The predicted octanol–water partition coefficient (Wildman–Crippen LogP) is 5.50. The molecule has 0 aliphatic heterocycles. The van der Waals surface area contributed by atoms with Gasteiger partial charge in [-0.2, -0.15) is 0 Å². The molecule has 0 fully saturated rings. The summed E-state index contributed by atoms with van der Waals surface area (Å²) in [5, 5.41) is 4.93. The molecule has 1 N–H and O–H groups in total. The van der Waals surface area contributed by atoms with Crippen LogP contribution in [0.15, 0.2) is 54.6 Å². The minimum absolute atomic E-state index is 0.0565. The number of hydrogen-bond donors (Lipinski definition) is 1. The number of hydrogen-bond acceptors (Lipinski definition) is 1. The summed E-state index contributed by atoms with van der Waals surface area (Å²) < 4.78 is 15.8. The van der Waals surface area contributed by atoms with E-state index in [4.69, 9.17) is 0 Å². The molecule has 2 nitrogen and oxygen atoms in total. The summed E-state index contributed by atoms with van der Waals surface area (Å²) in [5.41, 5.74) is 1.25. The molecule has 3 heteroatoms. The van der Waals surface area contributed by atoms with Crippen molar-refractivity contribution < 1.29 is 4.21 Å². The van der Waals surface area contributed by atoms with Crippen LogP contribution in [0, 0.1) is 0 Å². The van der Waals surface area contributed by atoms with Gasteiger partial charge in [-0.3, -0.25) is 0 Å². The molecule has 24 heavy (non-hydrogen) atoms. The van der Waals surface area contributed by atoms with Gasteiger partial charge in [-0.1, -0.05) is 55.5 Å². The Morgan fingerprint density at radius 1 is 0.958 bits per heavy atom. The van der Waals surface area contributed by atoms with Crippen molar-refractivity contribution in [2.45, 2.75) is 44.9 Å². The van der Waals surface area contributed by atoms with Crippen molar-refractivity contribution in [2.24, 2.45) is 0 Å². The van der Waals surface area contributed by atoms with Gasteiger partial charge in [-0.25, -0.2) is 8.93 Å². The van der Waals surface area contributed by atoms with E-state index in [-0.39, 0.29) is 10.8 Å². The fourth-order valence-corrected chi connectivity index (χ4v) is 3.97. The summed E-state index contributed by atoms with van der Waals surface area (Å²) in [4.78, 5) is 0. The van der Waals surface area contributed by atoms with Crippen LogP contribution in [0.25, 0.3) is 21.5 Å². The van der Waals surface area contributed by atoms with Crippen molar-refractivity contribution in [3.8, 4) is 0 Å². The second-order valence-electron chi connectivity index (χ2n) is 7.19. The Morgan fingerprint density at radius 3 is 1.92 bits per heavy atom. The van der Waals surface area contributed by atoms with E-state index in [1.807, 2.05) is 20.8 Å². The van der Waals surface area contributed by atoms with Crippen LogP contribution in [0.4, 0.5) is 0 Å². The van der Waals surface area contributed by atoms with E-state index in [0.29, 0.717) is 0 Å². The Balaban J connectivity index is 2.22. The average Bonchev–Trinajstić information content (AvgIpc) is 2.56. The van der Waals surface area contributed by atoms with E-state index in [1.165, 1.54) is 27.1 Å². The smallest absolute Gasteiger partial charge is 0.0975 e. The number of rotatable bonds is 4. The van der Waals surface area contributed by atoms with Gasteiger partial charge in [0, 0.05) is 6.04 Å². The average molecular weight is 340 g/mol. The molecule has 0 aromatic heterocycles. The van der Waals surface area contributed by atoms with E-state index >= 15 is 0 Å². The molecule has 0 aliphatic carbocycles. The third-order valence-electron chi connectivity index (χ3n) is 4.38. The summed E-state index contributed by atoms with van der Waals surface area (Å²) in [6.45, 7) is 8.16. The molecule has 0 unspecified atom stereocenters. The highest BCUT2D eigenvalue weighted by Crippen LogP contribution is 2.34. The quantitative estimate of drug-likeness (QED) is 0.625. The first kappa shape index (κ1) is 17.1. The lowest BCUT2D eigenvalue weighted by Gasteiger charge is -2.26. The minimum Gasteiger partial charge on any atom is -0.242 e. The second-order valence-corrected chi connectivity index (χ2v) is 9.19. The van der Waals surface area contributed by atoms with Gasteiger partial charge in [0.2, 0.25) is 0 Å². The highest BCUT2D eigenvalue weighted by Gasteiger charge is 2.24. The third-order valence-corrected chi connectivity index (χ3v) is 5.99. The lowest BCUT2D eigenvalue weighted by Crippen LogP contribution is -2.35. The Hall–Kier alpha value is -1.71. The maximum Gasteiger partial charge on any atom is 0.0975 e. The van der Waals surface area contributed by atoms with E-state index in [0.717, 1.165) is 6.42 Å². The van der Waals surface area contributed by atoms with E-state index < -0.39 is 11.0 Å². The summed E-state index contributed by atoms with van der Waals surface area (Å²) in [5.74, 6) is 0. The highest BCUT2D eigenvalue weighted by molar-refractivity contribution is 7.84. The zero-order chi connectivity index (χ0) is 17.3. The maximum absolute atomic E-state index is 12.7. The molecule has 126 valence electrons. The fourth-order valence-electron chi connectivity index (χ4n) is 3.08. The Labute approximate surface area is 146 Å². The fraction of sp³-hybridized carbons (Fsp3) is 0.333. The van der Waals surface area contributed by atoms with Crippen molar-refractivity contribution in [2.75, 3.05) is 0 Å². The van der Waals surface area contributed by atoms with E-state index in [1.54, 1.807) is 0 Å². The molecular weight excluding hydrogens is 314 g/mol. The van der Waals surface area contributed by atoms with E-state index in [9.17, 15) is 4.21 Å². The molecule has 3 aromatic rings. The summed E-state index contributed by atoms with van der Waals surface area (Å²) >= 11 is 0. The van der Waals surface area contributed by atoms with Gasteiger partial charge in [-0.05, 0) is 60.4 Å². The lowest BCUT2D eigenvalue weighted by atomic mass is 9.91. The molecular formula is C21H25NOS.